The third-order valence-corrected chi connectivity index (χ3v) is 5.27. The lowest BCUT2D eigenvalue weighted by atomic mass is 10.0. The van der Waals surface area contributed by atoms with Crippen molar-refractivity contribution in [1.29, 1.82) is 0 Å². The van der Waals surface area contributed by atoms with Crippen molar-refractivity contribution in [2.45, 2.75) is 39.2 Å². The van der Waals surface area contributed by atoms with E-state index in [-0.39, 0.29) is 23.1 Å². The van der Waals surface area contributed by atoms with Crippen molar-refractivity contribution in [3.63, 3.8) is 0 Å². The number of carbonyl (C=O) groups excluding carboxylic acids is 2. The van der Waals surface area contributed by atoms with Crippen LogP contribution in [0.3, 0.4) is 0 Å². The van der Waals surface area contributed by atoms with Crippen molar-refractivity contribution in [2.75, 3.05) is 13.2 Å². The standard InChI is InChI=1S/C26H29NO5/c1-5-31-25(30)26(3,4)32-21-12-10-18(11-13-21)17(2)16-27-24(29)22-14-19-8-6-7-9-20(19)15-23(22)28/h6-15,17,28H,5,16H2,1-4H3,(H,27,29). The van der Waals surface area contributed by atoms with Crippen LogP contribution in [0.4, 0.5) is 0 Å². The number of phenols is 1. The fourth-order valence-electron chi connectivity index (χ4n) is 3.37. The molecule has 3 aromatic rings. The molecule has 1 amide bonds. The van der Waals surface area contributed by atoms with Crippen LogP contribution in [0.15, 0.2) is 60.7 Å². The molecule has 3 aromatic carbocycles. The first-order valence-corrected chi connectivity index (χ1v) is 10.7. The predicted molar refractivity (Wildman–Crippen MR) is 124 cm³/mol. The van der Waals surface area contributed by atoms with Gasteiger partial charge in [0.2, 0.25) is 0 Å². The zero-order valence-corrected chi connectivity index (χ0v) is 18.8. The number of aromatic hydroxyl groups is 1. The number of hydrogen-bond acceptors (Lipinski definition) is 5. The Morgan fingerprint density at radius 1 is 1.03 bits per heavy atom. The lowest BCUT2D eigenvalue weighted by molar-refractivity contribution is -0.158. The van der Waals surface area contributed by atoms with Crippen LogP contribution in [-0.2, 0) is 9.53 Å². The molecule has 0 heterocycles. The van der Waals surface area contributed by atoms with E-state index in [0.717, 1.165) is 16.3 Å². The number of amides is 1. The molecule has 0 saturated carbocycles. The summed E-state index contributed by atoms with van der Waals surface area (Å²) in [6.07, 6.45) is 0. The predicted octanol–water partition coefficient (Wildman–Crippen LogP) is 4.80. The maximum absolute atomic E-state index is 12.6. The van der Waals surface area contributed by atoms with E-state index in [0.29, 0.717) is 18.9 Å². The Bertz CT molecular complexity index is 1100. The average Bonchev–Trinajstić information content (AvgIpc) is 2.77. The van der Waals surface area contributed by atoms with E-state index in [9.17, 15) is 14.7 Å². The number of benzene rings is 3. The quantitative estimate of drug-likeness (QED) is 0.497. The van der Waals surface area contributed by atoms with Gasteiger partial charge in [-0.2, -0.15) is 0 Å². The molecule has 3 rings (SSSR count). The van der Waals surface area contributed by atoms with Gasteiger partial charge < -0.3 is 19.9 Å². The summed E-state index contributed by atoms with van der Waals surface area (Å²) >= 11 is 0. The van der Waals surface area contributed by atoms with E-state index >= 15 is 0 Å². The van der Waals surface area contributed by atoms with E-state index in [1.807, 2.05) is 43.3 Å². The molecular formula is C26H29NO5. The first kappa shape index (κ1) is 23.1. The second-order valence-corrected chi connectivity index (χ2v) is 8.23. The van der Waals surface area contributed by atoms with Crippen LogP contribution < -0.4 is 10.1 Å². The highest BCUT2D eigenvalue weighted by atomic mass is 16.6. The third-order valence-electron chi connectivity index (χ3n) is 5.27. The van der Waals surface area contributed by atoms with Crippen molar-refractivity contribution in [1.82, 2.24) is 5.32 Å². The molecule has 6 nitrogen and oxygen atoms in total. The van der Waals surface area contributed by atoms with E-state index in [1.165, 1.54) is 0 Å². The first-order chi connectivity index (χ1) is 15.2. The summed E-state index contributed by atoms with van der Waals surface area (Å²) in [5, 5.41) is 14.9. The number of esters is 1. The first-order valence-electron chi connectivity index (χ1n) is 10.7. The largest absolute Gasteiger partial charge is 0.507 e. The van der Waals surface area contributed by atoms with Crippen LogP contribution in [0.25, 0.3) is 10.8 Å². The zero-order chi connectivity index (χ0) is 23.3. The van der Waals surface area contributed by atoms with Gasteiger partial charge in [0.15, 0.2) is 5.60 Å². The van der Waals surface area contributed by atoms with Gasteiger partial charge in [-0.05, 0) is 67.3 Å². The molecule has 32 heavy (non-hydrogen) atoms. The number of carbonyl (C=O) groups is 2. The molecular weight excluding hydrogens is 406 g/mol. The second-order valence-electron chi connectivity index (χ2n) is 8.23. The summed E-state index contributed by atoms with van der Waals surface area (Å²) in [6.45, 7) is 7.78. The Hall–Kier alpha value is -3.54. The summed E-state index contributed by atoms with van der Waals surface area (Å²) in [4.78, 5) is 24.6. The minimum Gasteiger partial charge on any atom is -0.507 e. The Kier molecular flexibility index (Phi) is 7.03. The lowest BCUT2D eigenvalue weighted by Crippen LogP contribution is -2.39. The fourth-order valence-corrected chi connectivity index (χ4v) is 3.37. The van der Waals surface area contributed by atoms with Crippen molar-refractivity contribution < 1.29 is 24.2 Å². The maximum atomic E-state index is 12.6. The fraction of sp³-hybridized carbons (Fsp3) is 0.308. The smallest absolute Gasteiger partial charge is 0.349 e. The molecule has 0 aromatic heterocycles. The van der Waals surface area contributed by atoms with Gasteiger partial charge in [0.1, 0.15) is 11.5 Å². The van der Waals surface area contributed by atoms with Gasteiger partial charge in [0, 0.05) is 6.54 Å². The van der Waals surface area contributed by atoms with Gasteiger partial charge in [0.25, 0.3) is 5.91 Å². The molecule has 1 unspecified atom stereocenters. The monoisotopic (exact) mass is 435 g/mol. The number of nitrogens with one attached hydrogen (secondary N) is 1. The maximum Gasteiger partial charge on any atom is 0.349 e. The van der Waals surface area contributed by atoms with Gasteiger partial charge in [-0.15, -0.1) is 0 Å². The van der Waals surface area contributed by atoms with Crippen LogP contribution in [0, 0.1) is 0 Å². The SMILES string of the molecule is CCOC(=O)C(C)(C)Oc1ccc(C(C)CNC(=O)c2cc3ccccc3cc2O)cc1. The minimum atomic E-state index is -1.08. The van der Waals surface area contributed by atoms with Gasteiger partial charge in [-0.1, -0.05) is 43.3 Å². The molecule has 0 fully saturated rings. The molecule has 0 radical (unpaired) electrons. The minimum absolute atomic E-state index is 0.0358. The molecule has 0 spiro atoms. The molecule has 0 aliphatic heterocycles. The third kappa shape index (κ3) is 5.38. The van der Waals surface area contributed by atoms with Crippen LogP contribution >= 0.6 is 0 Å². The zero-order valence-electron chi connectivity index (χ0n) is 18.8. The molecule has 6 heteroatoms. The Morgan fingerprint density at radius 3 is 2.28 bits per heavy atom. The molecule has 1 atom stereocenters. The number of rotatable bonds is 8. The molecule has 0 bridgehead atoms. The normalized spacial score (nSPS) is 12.2. The van der Waals surface area contributed by atoms with Crippen molar-refractivity contribution in [3.8, 4) is 11.5 Å². The van der Waals surface area contributed by atoms with Crippen LogP contribution in [0.5, 0.6) is 11.5 Å². The number of ether oxygens (including phenoxy) is 2. The van der Waals surface area contributed by atoms with Crippen LogP contribution in [-0.4, -0.2) is 35.7 Å². The molecule has 2 N–H and O–H groups in total. The summed E-state index contributed by atoms with van der Waals surface area (Å²) in [5.74, 6) is -0.189. The second kappa shape index (κ2) is 9.73. The van der Waals surface area contributed by atoms with Gasteiger partial charge >= 0.3 is 5.97 Å². The van der Waals surface area contributed by atoms with E-state index < -0.39 is 11.6 Å². The molecule has 168 valence electrons. The molecule has 0 aliphatic rings. The number of fused-ring (bicyclic) bond motifs is 1. The highest BCUT2D eigenvalue weighted by molar-refractivity contribution is 6.01. The number of phenolic OH excluding ortho intramolecular Hbond substituents is 1. The van der Waals surface area contributed by atoms with Gasteiger partial charge in [-0.25, -0.2) is 4.79 Å². The van der Waals surface area contributed by atoms with E-state index in [2.05, 4.69) is 5.32 Å². The summed E-state index contributed by atoms with van der Waals surface area (Å²) < 4.78 is 10.8. The van der Waals surface area contributed by atoms with E-state index in [4.69, 9.17) is 9.47 Å². The summed E-state index contributed by atoms with van der Waals surface area (Å²) in [6, 6.07) is 18.3. The molecule has 0 aliphatic carbocycles. The Balaban J connectivity index is 1.61. The Morgan fingerprint density at radius 2 is 1.66 bits per heavy atom. The van der Waals surface area contributed by atoms with E-state index in [1.54, 1.807) is 45.0 Å². The molecule has 0 saturated heterocycles. The van der Waals surface area contributed by atoms with Crippen molar-refractivity contribution in [2.24, 2.45) is 0 Å². The van der Waals surface area contributed by atoms with Crippen LogP contribution in [0.2, 0.25) is 0 Å². The number of hydrogen-bond donors (Lipinski definition) is 2. The summed E-state index contributed by atoms with van der Waals surface area (Å²) in [5.41, 5.74) is 0.175. The lowest BCUT2D eigenvalue weighted by Gasteiger charge is -2.24. The van der Waals surface area contributed by atoms with Gasteiger partial charge in [0.05, 0.1) is 12.2 Å². The van der Waals surface area contributed by atoms with Gasteiger partial charge in [-0.3, -0.25) is 4.79 Å². The summed E-state index contributed by atoms with van der Waals surface area (Å²) in [7, 11) is 0. The van der Waals surface area contributed by atoms with Crippen molar-refractivity contribution >= 4 is 22.6 Å². The highest BCUT2D eigenvalue weighted by Gasteiger charge is 2.31. The average molecular weight is 436 g/mol. The Labute approximate surface area is 188 Å². The highest BCUT2D eigenvalue weighted by Crippen LogP contribution is 2.26. The van der Waals surface area contributed by atoms with Crippen molar-refractivity contribution in [3.05, 3.63) is 71.8 Å². The van der Waals surface area contributed by atoms with Crippen LogP contribution in [0.1, 0.15) is 49.5 Å². The topological polar surface area (TPSA) is 84.9 Å².